The number of ether oxygens (including phenoxy) is 2. The van der Waals surface area contributed by atoms with Gasteiger partial charge < -0.3 is 9.47 Å². The van der Waals surface area contributed by atoms with Gasteiger partial charge in [-0.1, -0.05) is 6.07 Å². The molecular formula is C14H20N2O3. The van der Waals surface area contributed by atoms with Crippen LogP contribution in [0.3, 0.4) is 0 Å². The molecule has 5 heteroatoms. The van der Waals surface area contributed by atoms with E-state index >= 15 is 0 Å². The summed E-state index contributed by atoms with van der Waals surface area (Å²) in [6.45, 7) is 6.03. The Morgan fingerprint density at radius 1 is 1.42 bits per heavy atom. The average Bonchev–Trinajstić information content (AvgIpc) is 3.09. The molecule has 1 aliphatic rings. The van der Waals surface area contributed by atoms with Gasteiger partial charge in [0.05, 0.1) is 12.7 Å². The van der Waals surface area contributed by atoms with Crippen molar-refractivity contribution in [2.24, 2.45) is 0 Å². The second kappa shape index (κ2) is 5.57. The Labute approximate surface area is 113 Å². The van der Waals surface area contributed by atoms with Gasteiger partial charge in [0, 0.05) is 6.20 Å². The number of nitrogens with one attached hydrogen (secondary N) is 1. The number of hydrogen-bond donors (Lipinski definition) is 1. The summed E-state index contributed by atoms with van der Waals surface area (Å²) in [6, 6.07) is 3.64. The molecule has 0 radical (unpaired) electrons. The van der Waals surface area contributed by atoms with Crippen LogP contribution in [-0.2, 0) is 16.1 Å². The molecule has 1 aliphatic carbocycles. The standard InChI is InChI=1S/C14H20N2O3/c1-14(2,3)19-13(17)16-12-7-4-10(8-15-12)9-18-11-5-6-11/h4,7-8,11H,5-6,9H2,1-3H3,(H,15,16,17). The third-order valence-electron chi connectivity index (χ3n) is 2.46. The Morgan fingerprint density at radius 2 is 2.16 bits per heavy atom. The van der Waals surface area contributed by atoms with Crippen molar-refractivity contribution in [1.82, 2.24) is 4.98 Å². The second-order valence-corrected chi connectivity index (χ2v) is 5.69. The van der Waals surface area contributed by atoms with E-state index in [9.17, 15) is 4.79 Å². The third kappa shape index (κ3) is 5.26. The lowest BCUT2D eigenvalue weighted by Gasteiger charge is -2.19. The average molecular weight is 264 g/mol. The van der Waals surface area contributed by atoms with Gasteiger partial charge in [-0.2, -0.15) is 0 Å². The van der Waals surface area contributed by atoms with Crippen molar-refractivity contribution in [3.63, 3.8) is 0 Å². The number of nitrogens with zero attached hydrogens (tertiary/aromatic N) is 1. The second-order valence-electron chi connectivity index (χ2n) is 5.69. The van der Waals surface area contributed by atoms with Crippen LogP contribution in [0.2, 0.25) is 0 Å². The number of hydrogen-bond acceptors (Lipinski definition) is 4. The molecule has 0 atom stereocenters. The van der Waals surface area contributed by atoms with Gasteiger partial charge in [-0.15, -0.1) is 0 Å². The molecule has 1 heterocycles. The van der Waals surface area contributed by atoms with Crippen LogP contribution in [0.4, 0.5) is 10.6 Å². The molecule has 1 saturated carbocycles. The Balaban J connectivity index is 1.81. The van der Waals surface area contributed by atoms with Crippen molar-refractivity contribution < 1.29 is 14.3 Å². The lowest BCUT2D eigenvalue weighted by molar-refractivity contribution is 0.0635. The van der Waals surface area contributed by atoms with Gasteiger partial charge in [0.2, 0.25) is 0 Å². The first-order valence-electron chi connectivity index (χ1n) is 6.49. The molecule has 0 spiro atoms. The molecule has 1 aromatic heterocycles. The molecule has 5 nitrogen and oxygen atoms in total. The molecule has 0 aliphatic heterocycles. The van der Waals surface area contributed by atoms with Crippen LogP contribution < -0.4 is 5.32 Å². The van der Waals surface area contributed by atoms with Crippen LogP contribution in [0.25, 0.3) is 0 Å². The van der Waals surface area contributed by atoms with Crippen molar-refractivity contribution in [2.75, 3.05) is 5.32 Å². The van der Waals surface area contributed by atoms with E-state index < -0.39 is 11.7 Å². The van der Waals surface area contributed by atoms with E-state index in [0.717, 1.165) is 18.4 Å². The van der Waals surface area contributed by atoms with Gasteiger partial charge in [-0.25, -0.2) is 9.78 Å². The first-order valence-corrected chi connectivity index (χ1v) is 6.49. The highest BCUT2D eigenvalue weighted by Crippen LogP contribution is 2.24. The van der Waals surface area contributed by atoms with Crippen molar-refractivity contribution in [2.45, 2.75) is 51.9 Å². The van der Waals surface area contributed by atoms with Crippen LogP contribution in [0.1, 0.15) is 39.2 Å². The van der Waals surface area contributed by atoms with E-state index in [1.807, 2.05) is 26.8 Å². The van der Waals surface area contributed by atoms with E-state index in [0.29, 0.717) is 18.5 Å². The van der Waals surface area contributed by atoms with E-state index in [1.54, 1.807) is 12.3 Å². The SMILES string of the molecule is CC(C)(C)OC(=O)Nc1ccc(COC2CC2)cn1. The van der Waals surface area contributed by atoms with Gasteiger partial charge in [0.15, 0.2) is 0 Å². The first kappa shape index (κ1) is 13.8. The number of rotatable bonds is 4. The minimum absolute atomic E-state index is 0.430. The lowest BCUT2D eigenvalue weighted by atomic mass is 10.2. The van der Waals surface area contributed by atoms with E-state index in [4.69, 9.17) is 9.47 Å². The summed E-state index contributed by atoms with van der Waals surface area (Å²) in [5, 5.41) is 2.59. The highest BCUT2D eigenvalue weighted by Gasteiger charge is 2.21. The minimum atomic E-state index is -0.512. The zero-order chi connectivity index (χ0) is 13.9. The van der Waals surface area contributed by atoms with E-state index in [1.165, 1.54) is 0 Å². The summed E-state index contributed by atoms with van der Waals surface area (Å²) in [7, 11) is 0. The number of anilines is 1. The molecule has 2 rings (SSSR count). The van der Waals surface area contributed by atoms with Crippen LogP contribution in [0.15, 0.2) is 18.3 Å². The fraction of sp³-hybridized carbons (Fsp3) is 0.571. The van der Waals surface area contributed by atoms with Gasteiger partial charge in [-0.3, -0.25) is 5.32 Å². The molecule has 1 aromatic rings. The van der Waals surface area contributed by atoms with Gasteiger partial charge in [-0.05, 0) is 45.2 Å². The lowest BCUT2D eigenvalue weighted by Crippen LogP contribution is -2.27. The Kier molecular flexibility index (Phi) is 4.04. The van der Waals surface area contributed by atoms with Crippen LogP contribution in [0.5, 0.6) is 0 Å². The quantitative estimate of drug-likeness (QED) is 0.907. The summed E-state index contributed by atoms with van der Waals surface area (Å²) in [6.07, 6.45) is 3.95. The maximum atomic E-state index is 11.5. The van der Waals surface area contributed by atoms with Crippen molar-refractivity contribution in [1.29, 1.82) is 0 Å². The molecular weight excluding hydrogens is 244 g/mol. The topological polar surface area (TPSA) is 60.5 Å². The molecule has 0 saturated heterocycles. The highest BCUT2D eigenvalue weighted by molar-refractivity contribution is 5.83. The summed E-state index contributed by atoms with van der Waals surface area (Å²) in [5.74, 6) is 0.476. The number of carbonyl (C=O) groups is 1. The monoisotopic (exact) mass is 264 g/mol. The molecule has 19 heavy (non-hydrogen) atoms. The fourth-order valence-corrected chi connectivity index (χ4v) is 1.44. The van der Waals surface area contributed by atoms with E-state index in [2.05, 4.69) is 10.3 Å². The number of aromatic nitrogens is 1. The maximum Gasteiger partial charge on any atom is 0.413 e. The zero-order valence-electron chi connectivity index (χ0n) is 11.6. The molecule has 0 bridgehead atoms. The van der Waals surface area contributed by atoms with Crippen LogP contribution in [0, 0.1) is 0 Å². The van der Waals surface area contributed by atoms with Gasteiger partial charge in [0.1, 0.15) is 11.4 Å². The molecule has 0 aromatic carbocycles. The summed E-state index contributed by atoms with van der Waals surface area (Å²) in [5.41, 5.74) is 0.490. The number of amides is 1. The number of pyridine rings is 1. The molecule has 1 N–H and O–H groups in total. The van der Waals surface area contributed by atoms with Gasteiger partial charge >= 0.3 is 6.09 Å². The Morgan fingerprint density at radius 3 is 2.68 bits per heavy atom. The van der Waals surface area contributed by atoms with Crippen molar-refractivity contribution in [3.8, 4) is 0 Å². The largest absolute Gasteiger partial charge is 0.444 e. The predicted molar refractivity (Wildman–Crippen MR) is 71.9 cm³/mol. The fourth-order valence-electron chi connectivity index (χ4n) is 1.44. The first-order chi connectivity index (χ1) is 8.92. The van der Waals surface area contributed by atoms with E-state index in [-0.39, 0.29) is 0 Å². The van der Waals surface area contributed by atoms with Crippen molar-refractivity contribution in [3.05, 3.63) is 23.9 Å². The number of carbonyl (C=O) groups excluding carboxylic acids is 1. The van der Waals surface area contributed by atoms with Gasteiger partial charge in [0.25, 0.3) is 0 Å². The molecule has 104 valence electrons. The predicted octanol–water partition coefficient (Wildman–Crippen LogP) is 3.11. The molecule has 0 unspecified atom stereocenters. The van der Waals surface area contributed by atoms with Crippen molar-refractivity contribution >= 4 is 11.9 Å². The normalized spacial score (nSPS) is 15.1. The van der Waals surface area contributed by atoms with Crippen LogP contribution in [-0.4, -0.2) is 22.8 Å². The molecule has 1 fully saturated rings. The summed E-state index contributed by atoms with van der Waals surface area (Å²) >= 11 is 0. The Hall–Kier alpha value is -1.62. The Bertz CT molecular complexity index is 433. The zero-order valence-corrected chi connectivity index (χ0v) is 11.6. The molecule has 1 amide bonds. The highest BCUT2D eigenvalue weighted by atomic mass is 16.6. The summed E-state index contributed by atoms with van der Waals surface area (Å²) < 4.78 is 10.7. The third-order valence-corrected chi connectivity index (χ3v) is 2.46. The minimum Gasteiger partial charge on any atom is -0.444 e. The maximum absolute atomic E-state index is 11.5. The smallest absolute Gasteiger partial charge is 0.413 e. The van der Waals surface area contributed by atoms with Crippen LogP contribution >= 0.6 is 0 Å². The summed E-state index contributed by atoms with van der Waals surface area (Å²) in [4.78, 5) is 15.7.